The lowest BCUT2D eigenvalue weighted by Crippen LogP contribution is -2.47. The molecule has 0 unspecified atom stereocenters. The standard InChI is InChI=1S/C29H30N2O5S2/c1-21-5-9-23(10-6-21)36-20-27-26-14-17-37-28(26)13-15-31(27)29(32)19-30(18-24-4-3-16-35-24)38(33,34)25-11-7-22(2)8-12-25/h3-12,14,16-17,27H,13,15,18-20H2,1-2H3/t27-/m1/s1. The SMILES string of the molecule is Cc1ccc(OC[C@@H]2c3ccsc3CCN2C(=O)CN(Cc2ccco2)S(=O)(=O)c2ccc(C)cc2)cc1. The second-order valence-electron chi connectivity index (χ2n) is 9.44. The van der Waals surface area contributed by atoms with Gasteiger partial charge in [0.25, 0.3) is 0 Å². The van der Waals surface area contributed by atoms with E-state index in [1.807, 2.05) is 49.6 Å². The lowest BCUT2D eigenvalue weighted by Gasteiger charge is -2.37. The van der Waals surface area contributed by atoms with Crippen molar-refractivity contribution in [1.82, 2.24) is 9.21 Å². The van der Waals surface area contributed by atoms with Gasteiger partial charge >= 0.3 is 0 Å². The lowest BCUT2D eigenvalue weighted by molar-refractivity contribution is -0.135. The van der Waals surface area contributed by atoms with Gasteiger partial charge in [0, 0.05) is 11.4 Å². The Morgan fingerprint density at radius 1 is 1.05 bits per heavy atom. The number of carbonyl (C=O) groups excluding carboxylic acids is 1. The van der Waals surface area contributed by atoms with E-state index in [-0.39, 0.29) is 36.5 Å². The van der Waals surface area contributed by atoms with Crippen molar-refractivity contribution in [2.45, 2.75) is 37.8 Å². The molecule has 1 amide bonds. The molecule has 2 aromatic heterocycles. The minimum Gasteiger partial charge on any atom is -0.491 e. The summed E-state index contributed by atoms with van der Waals surface area (Å²) in [5, 5.41) is 2.03. The number of carbonyl (C=O) groups is 1. The van der Waals surface area contributed by atoms with Gasteiger partial charge in [-0.2, -0.15) is 4.31 Å². The molecule has 3 heterocycles. The van der Waals surface area contributed by atoms with Gasteiger partial charge in [0.15, 0.2) is 0 Å². The summed E-state index contributed by atoms with van der Waals surface area (Å²) in [5.41, 5.74) is 3.15. The summed E-state index contributed by atoms with van der Waals surface area (Å²) in [7, 11) is -3.96. The number of thiophene rings is 1. The molecule has 0 N–H and O–H groups in total. The Labute approximate surface area is 227 Å². The Kier molecular flexibility index (Phi) is 7.69. The third-order valence-corrected chi connectivity index (χ3v) is 9.53. The number of hydrogen-bond donors (Lipinski definition) is 0. The minimum atomic E-state index is -3.96. The highest BCUT2D eigenvalue weighted by molar-refractivity contribution is 7.89. The summed E-state index contributed by atoms with van der Waals surface area (Å²) in [6.45, 7) is 4.33. The van der Waals surface area contributed by atoms with E-state index in [1.165, 1.54) is 15.4 Å². The van der Waals surface area contributed by atoms with Gasteiger partial charge in [-0.3, -0.25) is 4.79 Å². The normalized spacial score (nSPS) is 15.4. The number of aryl methyl sites for hydroxylation is 2. The number of furan rings is 1. The van der Waals surface area contributed by atoms with Crippen LogP contribution in [0.1, 0.15) is 33.4 Å². The molecule has 0 spiro atoms. The molecular weight excluding hydrogens is 520 g/mol. The van der Waals surface area contributed by atoms with Gasteiger partial charge in [-0.05, 0) is 73.7 Å². The summed E-state index contributed by atoms with van der Waals surface area (Å²) in [5.74, 6) is 0.917. The summed E-state index contributed by atoms with van der Waals surface area (Å²) < 4.78 is 40.1. The zero-order valence-corrected chi connectivity index (χ0v) is 23.0. The van der Waals surface area contributed by atoms with Gasteiger partial charge < -0.3 is 14.1 Å². The predicted molar refractivity (Wildman–Crippen MR) is 147 cm³/mol. The monoisotopic (exact) mass is 550 g/mol. The largest absolute Gasteiger partial charge is 0.491 e. The van der Waals surface area contributed by atoms with Gasteiger partial charge in [0.1, 0.15) is 18.1 Å². The maximum atomic E-state index is 13.8. The average molecular weight is 551 g/mol. The highest BCUT2D eigenvalue weighted by atomic mass is 32.2. The smallest absolute Gasteiger partial charge is 0.243 e. The van der Waals surface area contributed by atoms with Crippen molar-refractivity contribution in [3.8, 4) is 5.75 Å². The van der Waals surface area contributed by atoms with Crippen molar-refractivity contribution in [1.29, 1.82) is 0 Å². The van der Waals surface area contributed by atoms with E-state index in [0.29, 0.717) is 12.3 Å². The molecule has 0 saturated carbocycles. The second-order valence-corrected chi connectivity index (χ2v) is 12.4. The molecule has 2 aromatic carbocycles. The number of ether oxygens (including phenoxy) is 1. The summed E-state index contributed by atoms with van der Waals surface area (Å²) in [6, 6.07) is 19.6. The molecule has 0 aliphatic carbocycles. The Bertz CT molecular complexity index is 1480. The fourth-order valence-electron chi connectivity index (χ4n) is 4.59. The van der Waals surface area contributed by atoms with Crippen LogP contribution in [0.3, 0.4) is 0 Å². The van der Waals surface area contributed by atoms with Crippen molar-refractivity contribution in [3.05, 3.63) is 106 Å². The van der Waals surface area contributed by atoms with Crippen molar-refractivity contribution < 1.29 is 22.4 Å². The Hall–Kier alpha value is -3.40. The van der Waals surface area contributed by atoms with Crippen LogP contribution in [-0.4, -0.2) is 43.2 Å². The Balaban J connectivity index is 1.40. The van der Waals surface area contributed by atoms with Crippen molar-refractivity contribution >= 4 is 27.3 Å². The quantitative estimate of drug-likeness (QED) is 0.281. The number of hydrogen-bond acceptors (Lipinski definition) is 6. The predicted octanol–water partition coefficient (Wildman–Crippen LogP) is 5.35. The topological polar surface area (TPSA) is 80.1 Å². The van der Waals surface area contributed by atoms with Gasteiger partial charge in [-0.15, -0.1) is 11.3 Å². The molecule has 0 bridgehead atoms. The molecular formula is C29H30N2O5S2. The van der Waals surface area contributed by atoms with Gasteiger partial charge in [-0.25, -0.2) is 8.42 Å². The molecule has 0 radical (unpaired) electrons. The third kappa shape index (κ3) is 5.70. The number of amides is 1. The van der Waals surface area contributed by atoms with E-state index in [2.05, 4.69) is 0 Å². The molecule has 1 aliphatic rings. The maximum Gasteiger partial charge on any atom is 0.243 e. The summed E-state index contributed by atoms with van der Waals surface area (Å²) in [6.07, 6.45) is 2.22. The van der Waals surface area contributed by atoms with Crippen LogP contribution in [-0.2, 0) is 27.8 Å². The second kappa shape index (κ2) is 11.1. The first-order valence-electron chi connectivity index (χ1n) is 12.5. The lowest BCUT2D eigenvalue weighted by atomic mass is 10.0. The van der Waals surface area contributed by atoms with Gasteiger partial charge in [0.05, 0.1) is 30.3 Å². The van der Waals surface area contributed by atoms with Crippen LogP contribution in [0.4, 0.5) is 0 Å². The van der Waals surface area contributed by atoms with Crippen LogP contribution < -0.4 is 4.74 Å². The molecule has 0 fully saturated rings. The molecule has 9 heteroatoms. The van der Waals surface area contributed by atoms with Crippen LogP contribution in [0, 0.1) is 13.8 Å². The highest BCUT2D eigenvalue weighted by Crippen LogP contribution is 2.34. The summed E-state index contributed by atoms with van der Waals surface area (Å²) >= 11 is 1.67. The van der Waals surface area contributed by atoms with Crippen molar-refractivity contribution in [2.75, 3.05) is 19.7 Å². The Morgan fingerprint density at radius 3 is 2.45 bits per heavy atom. The molecule has 1 aliphatic heterocycles. The van der Waals surface area contributed by atoms with E-state index in [0.717, 1.165) is 28.9 Å². The summed E-state index contributed by atoms with van der Waals surface area (Å²) in [4.78, 5) is 16.9. The molecule has 38 heavy (non-hydrogen) atoms. The first-order chi connectivity index (χ1) is 18.3. The maximum absolute atomic E-state index is 13.8. The Morgan fingerprint density at radius 2 is 1.76 bits per heavy atom. The van der Waals surface area contributed by atoms with Crippen LogP contribution >= 0.6 is 11.3 Å². The molecule has 4 aromatic rings. The number of rotatable bonds is 9. The van der Waals surface area contributed by atoms with Gasteiger partial charge in [0.2, 0.25) is 15.9 Å². The molecule has 198 valence electrons. The van der Waals surface area contributed by atoms with Crippen LogP contribution in [0.2, 0.25) is 0 Å². The number of nitrogens with zero attached hydrogens (tertiary/aromatic N) is 2. The minimum absolute atomic E-state index is 0.0446. The van der Waals surface area contributed by atoms with Crippen LogP contribution in [0.5, 0.6) is 5.75 Å². The number of fused-ring (bicyclic) bond motifs is 1. The zero-order chi connectivity index (χ0) is 26.7. The number of benzene rings is 2. The van der Waals surface area contributed by atoms with Gasteiger partial charge in [-0.1, -0.05) is 35.4 Å². The molecule has 0 saturated heterocycles. The van der Waals surface area contributed by atoms with Crippen molar-refractivity contribution in [3.63, 3.8) is 0 Å². The van der Waals surface area contributed by atoms with Crippen molar-refractivity contribution in [2.24, 2.45) is 0 Å². The fraction of sp³-hybridized carbons (Fsp3) is 0.276. The van der Waals surface area contributed by atoms with E-state index in [4.69, 9.17) is 9.15 Å². The number of sulfonamides is 1. The average Bonchev–Trinajstić information content (AvgIpc) is 3.60. The van der Waals surface area contributed by atoms with E-state index >= 15 is 0 Å². The van der Waals surface area contributed by atoms with E-state index in [1.54, 1.807) is 52.6 Å². The fourth-order valence-corrected chi connectivity index (χ4v) is 6.87. The first kappa shape index (κ1) is 26.2. The van der Waals surface area contributed by atoms with Crippen LogP contribution in [0.25, 0.3) is 0 Å². The molecule has 5 rings (SSSR count). The molecule has 1 atom stereocenters. The first-order valence-corrected chi connectivity index (χ1v) is 14.8. The highest BCUT2D eigenvalue weighted by Gasteiger charge is 2.35. The van der Waals surface area contributed by atoms with Crippen LogP contribution in [0.15, 0.2) is 87.7 Å². The zero-order valence-electron chi connectivity index (χ0n) is 21.4. The van der Waals surface area contributed by atoms with E-state index < -0.39 is 10.0 Å². The van der Waals surface area contributed by atoms with E-state index in [9.17, 15) is 13.2 Å². The third-order valence-electron chi connectivity index (χ3n) is 6.73. The molecule has 7 nitrogen and oxygen atoms in total.